The zero-order chi connectivity index (χ0) is 23.9. The molecule has 192 valence electrons. The van der Waals surface area contributed by atoms with Crippen LogP contribution in [0.25, 0.3) is 10.9 Å². The Morgan fingerprint density at radius 2 is 1.69 bits per heavy atom. The molecule has 2 saturated heterocycles. The van der Waals surface area contributed by atoms with Gasteiger partial charge in [-0.2, -0.15) is 0 Å². The van der Waals surface area contributed by atoms with Crippen LogP contribution >= 0.6 is 0 Å². The van der Waals surface area contributed by atoms with Gasteiger partial charge in [0.25, 0.3) is 0 Å². The Bertz CT molecular complexity index is 1050. The molecule has 2 fully saturated rings. The van der Waals surface area contributed by atoms with Gasteiger partial charge in [-0.3, -0.25) is 19.4 Å². The lowest BCUT2D eigenvalue weighted by atomic mass is 10.2. The van der Waals surface area contributed by atoms with E-state index in [9.17, 15) is 0 Å². The highest BCUT2D eigenvalue weighted by molar-refractivity contribution is 5.95. The standard InChI is InChI=1S/C25H38N6O4/c1-32-23-21(35-15-3-9-30-13-18-34-19-14-30)5-4-20-22(23)28-25(31-10-7-26-24(20)31)27-6-2-8-29-11-16-33-17-12-29/h4-5,26H,2-3,6-19H2,1H3. The summed E-state index contributed by atoms with van der Waals surface area (Å²) in [7, 11) is 1.68. The lowest BCUT2D eigenvalue weighted by Crippen LogP contribution is -2.37. The fourth-order valence-electron chi connectivity index (χ4n) is 4.97. The van der Waals surface area contributed by atoms with Crippen molar-refractivity contribution in [3.63, 3.8) is 0 Å². The second-order valence-corrected chi connectivity index (χ2v) is 9.18. The molecule has 3 aliphatic heterocycles. The molecular weight excluding hydrogens is 448 g/mol. The van der Waals surface area contributed by atoms with Crippen LogP contribution in [-0.2, 0) is 16.0 Å². The van der Waals surface area contributed by atoms with Gasteiger partial charge in [0, 0.05) is 64.3 Å². The minimum atomic E-state index is 0.635. The van der Waals surface area contributed by atoms with Crippen molar-refractivity contribution in [2.24, 2.45) is 4.99 Å². The molecule has 2 aromatic rings. The molecule has 1 aromatic carbocycles. The van der Waals surface area contributed by atoms with Crippen molar-refractivity contribution in [3.8, 4) is 11.5 Å². The summed E-state index contributed by atoms with van der Waals surface area (Å²) in [5, 5.41) is 4.55. The number of methoxy groups -OCH3 is 1. The van der Waals surface area contributed by atoms with Gasteiger partial charge in [-0.1, -0.05) is 0 Å². The van der Waals surface area contributed by atoms with Gasteiger partial charge >= 0.3 is 0 Å². The molecule has 3 aliphatic rings. The van der Waals surface area contributed by atoms with E-state index in [2.05, 4.69) is 25.8 Å². The number of nitrogens with one attached hydrogen (secondary N) is 1. The lowest BCUT2D eigenvalue weighted by molar-refractivity contribution is 0.0357. The summed E-state index contributed by atoms with van der Waals surface area (Å²) in [5.41, 5.74) is 1.55. The van der Waals surface area contributed by atoms with Crippen LogP contribution in [0, 0.1) is 0 Å². The first kappa shape index (κ1) is 24.3. The van der Waals surface area contributed by atoms with Crippen LogP contribution < -0.4 is 20.4 Å². The summed E-state index contributed by atoms with van der Waals surface area (Å²) in [6.45, 7) is 12.5. The average Bonchev–Trinajstić information content (AvgIpc) is 3.40. The van der Waals surface area contributed by atoms with Crippen LogP contribution in [0.1, 0.15) is 12.8 Å². The molecule has 1 aromatic heterocycles. The first-order valence-corrected chi connectivity index (χ1v) is 12.9. The largest absolute Gasteiger partial charge is 0.491 e. The number of anilines is 1. The molecule has 10 nitrogen and oxygen atoms in total. The zero-order valence-electron chi connectivity index (χ0n) is 20.8. The SMILES string of the molecule is COc1c(OCCCN2CCOCC2)ccc2c3n(c(=NCCCN4CCOCC4)nc12)CCN3. The first-order valence-electron chi connectivity index (χ1n) is 12.9. The van der Waals surface area contributed by atoms with Crippen LogP contribution in [0.15, 0.2) is 17.1 Å². The fourth-order valence-corrected chi connectivity index (χ4v) is 4.97. The van der Waals surface area contributed by atoms with Gasteiger partial charge in [-0.25, -0.2) is 4.98 Å². The van der Waals surface area contributed by atoms with Crippen LogP contribution in [0.5, 0.6) is 11.5 Å². The first-order chi connectivity index (χ1) is 17.3. The molecule has 0 aliphatic carbocycles. The summed E-state index contributed by atoms with van der Waals surface area (Å²) in [6, 6.07) is 4.08. The predicted molar refractivity (Wildman–Crippen MR) is 134 cm³/mol. The summed E-state index contributed by atoms with van der Waals surface area (Å²) in [6.07, 6.45) is 1.96. The molecule has 5 rings (SSSR count). The van der Waals surface area contributed by atoms with Crippen molar-refractivity contribution in [1.82, 2.24) is 19.4 Å². The molecule has 35 heavy (non-hydrogen) atoms. The quantitative estimate of drug-likeness (QED) is 0.502. The van der Waals surface area contributed by atoms with Crippen molar-refractivity contribution in [3.05, 3.63) is 17.8 Å². The Morgan fingerprint density at radius 3 is 2.40 bits per heavy atom. The number of ether oxygens (including phenoxy) is 4. The second-order valence-electron chi connectivity index (χ2n) is 9.18. The Labute approximate surface area is 206 Å². The number of aromatic nitrogens is 2. The van der Waals surface area contributed by atoms with E-state index >= 15 is 0 Å². The maximum absolute atomic E-state index is 6.16. The van der Waals surface area contributed by atoms with E-state index in [-0.39, 0.29) is 0 Å². The molecule has 0 spiro atoms. The predicted octanol–water partition coefficient (Wildman–Crippen LogP) is 1.19. The summed E-state index contributed by atoms with van der Waals surface area (Å²) >= 11 is 0. The number of rotatable bonds is 10. The maximum Gasteiger partial charge on any atom is 0.227 e. The maximum atomic E-state index is 6.16. The van der Waals surface area contributed by atoms with Gasteiger partial charge in [-0.05, 0) is 25.0 Å². The summed E-state index contributed by atoms with van der Waals surface area (Å²) in [4.78, 5) is 14.7. The van der Waals surface area contributed by atoms with Gasteiger partial charge in [0.1, 0.15) is 11.3 Å². The third kappa shape index (κ3) is 5.88. The lowest BCUT2D eigenvalue weighted by Gasteiger charge is -2.26. The van der Waals surface area contributed by atoms with E-state index in [1.807, 2.05) is 6.07 Å². The minimum absolute atomic E-state index is 0.635. The molecule has 1 N–H and O–H groups in total. The molecule has 0 radical (unpaired) electrons. The van der Waals surface area contributed by atoms with E-state index in [4.69, 9.17) is 28.9 Å². The van der Waals surface area contributed by atoms with Gasteiger partial charge in [0.05, 0.1) is 40.1 Å². The molecule has 10 heteroatoms. The van der Waals surface area contributed by atoms with Crippen molar-refractivity contribution >= 4 is 16.7 Å². The number of nitrogens with zero attached hydrogens (tertiary/aromatic N) is 5. The van der Waals surface area contributed by atoms with E-state index in [0.29, 0.717) is 12.4 Å². The second kappa shape index (κ2) is 12.0. The molecule has 0 bridgehead atoms. The van der Waals surface area contributed by atoms with Gasteiger partial charge in [0.2, 0.25) is 5.62 Å². The highest BCUT2D eigenvalue weighted by Crippen LogP contribution is 2.37. The van der Waals surface area contributed by atoms with E-state index in [1.54, 1.807) is 7.11 Å². The third-order valence-electron chi connectivity index (χ3n) is 6.87. The van der Waals surface area contributed by atoms with Gasteiger partial charge in [0.15, 0.2) is 11.5 Å². The van der Waals surface area contributed by atoms with Crippen LogP contribution in [0.2, 0.25) is 0 Å². The minimum Gasteiger partial charge on any atom is -0.491 e. The van der Waals surface area contributed by atoms with E-state index in [0.717, 1.165) is 126 Å². The Balaban J connectivity index is 1.30. The van der Waals surface area contributed by atoms with E-state index < -0.39 is 0 Å². The van der Waals surface area contributed by atoms with Crippen molar-refractivity contribution in [2.45, 2.75) is 19.4 Å². The van der Waals surface area contributed by atoms with Crippen molar-refractivity contribution in [1.29, 1.82) is 0 Å². The Hall–Kier alpha value is -2.40. The van der Waals surface area contributed by atoms with Crippen molar-refractivity contribution in [2.75, 3.05) is 97.8 Å². The third-order valence-corrected chi connectivity index (χ3v) is 6.87. The molecule has 0 saturated carbocycles. The van der Waals surface area contributed by atoms with Crippen LogP contribution in [0.3, 0.4) is 0 Å². The number of benzene rings is 1. The monoisotopic (exact) mass is 486 g/mol. The zero-order valence-corrected chi connectivity index (χ0v) is 20.8. The number of hydrogen-bond acceptors (Lipinski definition) is 9. The highest BCUT2D eigenvalue weighted by atomic mass is 16.5. The molecule has 0 unspecified atom stereocenters. The normalized spacial score (nSPS) is 19.6. The number of fused-ring (bicyclic) bond motifs is 3. The molecule has 0 atom stereocenters. The van der Waals surface area contributed by atoms with Crippen molar-refractivity contribution < 1.29 is 18.9 Å². The smallest absolute Gasteiger partial charge is 0.227 e. The molecular formula is C25H38N6O4. The highest BCUT2D eigenvalue weighted by Gasteiger charge is 2.20. The van der Waals surface area contributed by atoms with Gasteiger partial charge in [-0.15, -0.1) is 0 Å². The molecule has 0 amide bonds. The topological polar surface area (TPSA) is 85.6 Å². The Kier molecular flexibility index (Phi) is 8.35. The fraction of sp³-hybridized carbons (Fsp3) is 0.680. The summed E-state index contributed by atoms with van der Waals surface area (Å²) in [5.74, 6) is 2.46. The van der Waals surface area contributed by atoms with Gasteiger partial charge < -0.3 is 24.3 Å². The summed E-state index contributed by atoms with van der Waals surface area (Å²) < 4.78 is 25.0. The molecule has 4 heterocycles. The number of hydrogen-bond donors (Lipinski definition) is 1. The average molecular weight is 487 g/mol. The van der Waals surface area contributed by atoms with Crippen LogP contribution in [-0.4, -0.2) is 112 Å². The van der Waals surface area contributed by atoms with E-state index in [1.165, 1.54) is 0 Å². The van der Waals surface area contributed by atoms with Crippen LogP contribution in [0.4, 0.5) is 5.82 Å². The Morgan fingerprint density at radius 1 is 0.971 bits per heavy atom. The number of morpholine rings is 2.